The summed E-state index contributed by atoms with van der Waals surface area (Å²) in [6.07, 6.45) is 2.39. The second kappa shape index (κ2) is 7.16. The third kappa shape index (κ3) is 4.58. The fourth-order valence-electron chi connectivity index (χ4n) is 1.63. The Balaban J connectivity index is 1.50. The Bertz CT molecular complexity index is 692. The van der Waals surface area contributed by atoms with Gasteiger partial charge in [-0.3, -0.25) is 4.79 Å². The van der Waals surface area contributed by atoms with Gasteiger partial charge in [-0.2, -0.15) is 0 Å². The molecule has 1 saturated carbocycles. The Morgan fingerprint density at radius 1 is 1.45 bits per heavy atom. The highest BCUT2D eigenvalue weighted by Crippen LogP contribution is 2.30. The van der Waals surface area contributed by atoms with Crippen molar-refractivity contribution < 1.29 is 4.79 Å². The second-order valence-corrected chi connectivity index (χ2v) is 8.28. The SMILES string of the molecule is O=C(CSc1nnc(NC2CC2)s1)Nc1ccc(Br)cc1Cl. The van der Waals surface area contributed by atoms with Crippen LogP contribution in [-0.4, -0.2) is 27.9 Å². The number of amides is 1. The van der Waals surface area contributed by atoms with E-state index in [0.717, 1.165) is 13.9 Å². The lowest BCUT2D eigenvalue weighted by molar-refractivity contribution is -0.113. The Kier molecular flexibility index (Phi) is 5.22. The minimum atomic E-state index is -0.124. The fraction of sp³-hybridized carbons (Fsp3) is 0.308. The molecule has 1 aliphatic carbocycles. The third-order valence-corrected chi connectivity index (χ3v) is 5.64. The van der Waals surface area contributed by atoms with E-state index in [-0.39, 0.29) is 11.7 Å². The number of hydrogen-bond acceptors (Lipinski definition) is 6. The highest BCUT2D eigenvalue weighted by atomic mass is 79.9. The highest BCUT2D eigenvalue weighted by Gasteiger charge is 2.22. The van der Waals surface area contributed by atoms with Gasteiger partial charge in [0.2, 0.25) is 11.0 Å². The smallest absolute Gasteiger partial charge is 0.234 e. The van der Waals surface area contributed by atoms with Crippen molar-refractivity contribution in [3.8, 4) is 0 Å². The highest BCUT2D eigenvalue weighted by molar-refractivity contribution is 9.10. The number of hydrogen-bond donors (Lipinski definition) is 2. The zero-order valence-corrected chi connectivity index (χ0v) is 15.3. The zero-order valence-electron chi connectivity index (χ0n) is 11.3. The Hall–Kier alpha value is -0.830. The van der Waals surface area contributed by atoms with Crippen LogP contribution in [0.5, 0.6) is 0 Å². The molecule has 2 aromatic rings. The molecule has 1 aliphatic rings. The summed E-state index contributed by atoms with van der Waals surface area (Å²) in [6, 6.07) is 5.88. The van der Waals surface area contributed by atoms with E-state index in [1.54, 1.807) is 12.1 Å². The Labute approximate surface area is 149 Å². The van der Waals surface area contributed by atoms with Gasteiger partial charge < -0.3 is 10.6 Å². The van der Waals surface area contributed by atoms with Crippen molar-refractivity contribution in [2.24, 2.45) is 0 Å². The predicted octanol–water partition coefficient (Wildman–Crippen LogP) is 4.26. The molecule has 3 rings (SSSR count). The van der Waals surface area contributed by atoms with Crippen LogP contribution in [-0.2, 0) is 4.79 Å². The van der Waals surface area contributed by atoms with Crippen LogP contribution < -0.4 is 10.6 Å². The standard InChI is InChI=1S/C13H12BrClN4OS2/c14-7-1-4-10(9(15)5-7)17-11(20)6-21-13-19-18-12(22-13)16-8-2-3-8/h1,4-5,8H,2-3,6H2,(H,16,18)(H,17,20). The summed E-state index contributed by atoms with van der Waals surface area (Å²) >= 11 is 12.2. The number of halogens is 2. The van der Waals surface area contributed by atoms with Crippen molar-refractivity contribution in [2.75, 3.05) is 16.4 Å². The van der Waals surface area contributed by atoms with E-state index in [4.69, 9.17) is 11.6 Å². The lowest BCUT2D eigenvalue weighted by Crippen LogP contribution is -2.14. The van der Waals surface area contributed by atoms with Crippen LogP contribution in [0.2, 0.25) is 5.02 Å². The van der Waals surface area contributed by atoms with E-state index < -0.39 is 0 Å². The van der Waals surface area contributed by atoms with Gasteiger partial charge >= 0.3 is 0 Å². The molecule has 0 aliphatic heterocycles. The summed E-state index contributed by atoms with van der Waals surface area (Å²) in [5, 5.41) is 15.5. The van der Waals surface area contributed by atoms with Crippen molar-refractivity contribution >= 4 is 67.4 Å². The first-order valence-electron chi connectivity index (χ1n) is 6.58. The maximum Gasteiger partial charge on any atom is 0.234 e. The van der Waals surface area contributed by atoms with Gasteiger partial charge in [-0.05, 0) is 31.0 Å². The second-order valence-electron chi connectivity index (χ2n) is 4.75. The van der Waals surface area contributed by atoms with E-state index in [9.17, 15) is 4.79 Å². The minimum absolute atomic E-state index is 0.124. The molecule has 22 heavy (non-hydrogen) atoms. The molecule has 1 aromatic heterocycles. The number of rotatable bonds is 6. The molecule has 0 atom stereocenters. The van der Waals surface area contributed by atoms with Crippen molar-refractivity contribution in [1.82, 2.24) is 10.2 Å². The summed E-state index contributed by atoms with van der Waals surface area (Å²) in [7, 11) is 0. The van der Waals surface area contributed by atoms with Crippen LogP contribution >= 0.6 is 50.6 Å². The summed E-state index contributed by atoms with van der Waals surface area (Å²) in [5.41, 5.74) is 0.601. The molecule has 2 N–H and O–H groups in total. The van der Waals surface area contributed by atoms with Gasteiger partial charge in [0.05, 0.1) is 16.5 Å². The average Bonchev–Trinajstić information content (AvgIpc) is 3.17. The maximum atomic E-state index is 12.0. The summed E-state index contributed by atoms with van der Waals surface area (Å²) in [6.45, 7) is 0. The van der Waals surface area contributed by atoms with Crippen LogP contribution in [0.15, 0.2) is 27.0 Å². The molecule has 1 amide bonds. The number of nitrogens with zero attached hydrogens (tertiary/aromatic N) is 2. The Morgan fingerprint density at radius 2 is 2.27 bits per heavy atom. The average molecular weight is 420 g/mol. The number of aromatic nitrogens is 2. The number of carbonyl (C=O) groups excluding carboxylic acids is 1. The number of anilines is 2. The van der Waals surface area contributed by atoms with E-state index in [0.29, 0.717) is 16.8 Å². The summed E-state index contributed by atoms with van der Waals surface area (Å²) < 4.78 is 1.65. The molecule has 0 saturated heterocycles. The molecule has 1 fully saturated rings. The van der Waals surface area contributed by atoms with Gasteiger partial charge in [0.1, 0.15) is 0 Å². The van der Waals surface area contributed by atoms with E-state index in [1.807, 2.05) is 6.07 Å². The van der Waals surface area contributed by atoms with E-state index in [1.165, 1.54) is 35.9 Å². The molecule has 1 aromatic carbocycles. The van der Waals surface area contributed by atoms with Crippen LogP contribution in [0.25, 0.3) is 0 Å². The molecule has 0 radical (unpaired) electrons. The topological polar surface area (TPSA) is 66.9 Å². The first kappa shape index (κ1) is 16.0. The zero-order chi connectivity index (χ0) is 15.5. The number of benzene rings is 1. The number of carbonyl (C=O) groups is 1. The lowest BCUT2D eigenvalue weighted by Gasteiger charge is -2.06. The van der Waals surface area contributed by atoms with Crippen molar-refractivity contribution in [1.29, 1.82) is 0 Å². The maximum absolute atomic E-state index is 12.0. The lowest BCUT2D eigenvalue weighted by atomic mass is 10.3. The quantitative estimate of drug-likeness (QED) is 0.685. The Morgan fingerprint density at radius 3 is 3.00 bits per heavy atom. The van der Waals surface area contributed by atoms with Crippen LogP contribution in [0, 0.1) is 0 Å². The molecular weight excluding hydrogens is 408 g/mol. The molecule has 116 valence electrons. The van der Waals surface area contributed by atoms with Crippen LogP contribution in [0.1, 0.15) is 12.8 Å². The molecule has 0 bridgehead atoms. The van der Waals surface area contributed by atoms with Crippen LogP contribution in [0.3, 0.4) is 0 Å². The molecule has 9 heteroatoms. The normalized spacial score (nSPS) is 13.9. The number of nitrogens with one attached hydrogen (secondary N) is 2. The molecule has 1 heterocycles. The van der Waals surface area contributed by atoms with Crippen molar-refractivity contribution in [3.05, 3.63) is 27.7 Å². The largest absolute Gasteiger partial charge is 0.357 e. The van der Waals surface area contributed by atoms with Gasteiger partial charge in [-0.25, -0.2) is 0 Å². The van der Waals surface area contributed by atoms with Gasteiger partial charge in [0.25, 0.3) is 0 Å². The van der Waals surface area contributed by atoms with Gasteiger partial charge in [-0.1, -0.05) is 50.6 Å². The fourth-order valence-corrected chi connectivity index (χ4v) is 3.98. The third-order valence-electron chi connectivity index (χ3n) is 2.84. The van der Waals surface area contributed by atoms with Gasteiger partial charge in [-0.15, -0.1) is 10.2 Å². The minimum Gasteiger partial charge on any atom is -0.357 e. The van der Waals surface area contributed by atoms with Crippen LogP contribution in [0.4, 0.5) is 10.8 Å². The predicted molar refractivity (Wildman–Crippen MR) is 95.1 cm³/mol. The molecule has 0 spiro atoms. The van der Waals surface area contributed by atoms with Crippen molar-refractivity contribution in [3.63, 3.8) is 0 Å². The first-order chi connectivity index (χ1) is 10.6. The molecule has 5 nitrogen and oxygen atoms in total. The van der Waals surface area contributed by atoms with E-state index >= 15 is 0 Å². The number of thioether (sulfide) groups is 1. The molecular formula is C13H12BrClN4OS2. The van der Waals surface area contributed by atoms with Crippen molar-refractivity contribution in [2.45, 2.75) is 23.2 Å². The summed E-state index contributed by atoms with van der Waals surface area (Å²) in [5.74, 6) is 0.144. The summed E-state index contributed by atoms with van der Waals surface area (Å²) in [4.78, 5) is 12.0. The molecule has 0 unspecified atom stereocenters. The van der Waals surface area contributed by atoms with Gasteiger partial charge in [0.15, 0.2) is 4.34 Å². The van der Waals surface area contributed by atoms with Gasteiger partial charge in [0, 0.05) is 10.5 Å². The monoisotopic (exact) mass is 418 g/mol. The first-order valence-corrected chi connectivity index (χ1v) is 9.55. The van der Waals surface area contributed by atoms with E-state index in [2.05, 4.69) is 36.8 Å².